The van der Waals surface area contributed by atoms with Crippen molar-refractivity contribution in [2.24, 2.45) is 10.7 Å². The van der Waals surface area contributed by atoms with Crippen molar-refractivity contribution in [2.75, 3.05) is 20.7 Å². The van der Waals surface area contributed by atoms with E-state index < -0.39 is 0 Å². The van der Waals surface area contributed by atoms with Crippen LogP contribution >= 0.6 is 0 Å². The quantitative estimate of drug-likeness (QED) is 0.380. The Labute approximate surface area is 205 Å². The SMILES string of the molecule is CN=c1c2c(-c3ccccc3)c(-c3ccccc3)n(Cc3ccc(OC)cc3)c2ncn1CCN. The molecule has 0 radical (unpaired) electrons. The molecule has 0 bridgehead atoms. The van der Waals surface area contributed by atoms with Gasteiger partial charge in [0.1, 0.15) is 16.9 Å². The van der Waals surface area contributed by atoms with Crippen LogP contribution < -0.4 is 16.0 Å². The lowest BCUT2D eigenvalue weighted by molar-refractivity contribution is 0.414. The lowest BCUT2D eigenvalue weighted by Gasteiger charge is -2.13. The second kappa shape index (κ2) is 9.99. The van der Waals surface area contributed by atoms with Gasteiger partial charge in [-0.1, -0.05) is 72.8 Å². The second-order valence-corrected chi connectivity index (χ2v) is 8.36. The summed E-state index contributed by atoms with van der Waals surface area (Å²) >= 11 is 0. The molecular formula is C29H29N5O. The van der Waals surface area contributed by atoms with Gasteiger partial charge >= 0.3 is 0 Å². The highest BCUT2D eigenvalue weighted by atomic mass is 16.5. The van der Waals surface area contributed by atoms with E-state index in [0.717, 1.165) is 50.2 Å². The van der Waals surface area contributed by atoms with E-state index in [1.807, 2.05) is 42.2 Å². The van der Waals surface area contributed by atoms with Gasteiger partial charge in [0.25, 0.3) is 0 Å². The molecule has 0 unspecified atom stereocenters. The molecule has 0 atom stereocenters. The van der Waals surface area contributed by atoms with Crippen molar-refractivity contribution in [3.8, 4) is 28.1 Å². The molecule has 0 aliphatic carbocycles. The molecule has 35 heavy (non-hydrogen) atoms. The normalized spacial score (nSPS) is 11.8. The zero-order valence-electron chi connectivity index (χ0n) is 20.1. The maximum Gasteiger partial charge on any atom is 0.146 e. The molecule has 0 fully saturated rings. The predicted octanol–water partition coefficient (Wildman–Crippen LogP) is 4.72. The summed E-state index contributed by atoms with van der Waals surface area (Å²) in [6.07, 6.45) is 1.85. The fraction of sp³-hybridized carbons (Fsp3) is 0.172. The third kappa shape index (κ3) is 4.24. The summed E-state index contributed by atoms with van der Waals surface area (Å²) in [7, 11) is 3.52. The van der Waals surface area contributed by atoms with E-state index in [2.05, 4.69) is 65.2 Å². The molecule has 176 valence electrons. The topological polar surface area (TPSA) is 70.4 Å². The Kier molecular flexibility index (Phi) is 6.46. The van der Waals surface area contributed by atoms with Gasteiger partial charge < -0.3 is 19.6 Å². The number of fused-ring (bicyclic) bond motifs is 1. The Hall–Kier alpha value is -4.16. The third-order valence-electron chi connectivity index (χ3n) is 6.24. The summed E-state index contributed by atoms with van der Waals surface area (Å²) in [6, 6.07) is 29.2. The number of methoxy groups -OCH3 is 1. The average Bonchev–Trinajstić information content (AvgIpc) is 3.24. The van der Waals surface area contributed by atoms with Crippen molar-refractivity contribution in [3.63, 3.8) is 0 Å². The molecule has 5 rings (SSSR count). The number of hydrogen-bond acceptors (Lipinski definition) is 4. The highest BCUT2D eigenvalue weighted by molar-refractivity contribution is 6.02. The summed E-state index contributed by atoms with van der Waals surface area (Å²) in [4.78, 5) is 9.68. The number of rotatable bonds is 7. The highest BCUT2D eigenvalue weighted by Crippen LogP contribution is 2.39. The molecule has 0 aliphatic heterocycles. The molecule has 0 amide bonds. The Morgan fingerprint density at radius 3 is 2.14 bits per heavy atom. The lowest BCUT2D eigenvalue weighted by Crippen LogP contribution is -2.25. The van der Waals surface area contributed by atoms with Crippen LogP contribution in [0.5, 0.6) is 5.75 Å². The maximum absolute atomic E-state index is 5.92. The van der Waals surface area contributed by atoms with Gasteiger partial charge in [0.2, 0.25) is 0 Å². The third-order valence-corrected chi connectivity index (χ3v) is 6.24. The largest absolute Gasteiger partial charge is 0.497 e. The molecule has 0 saturated carbocycles. The second-order valence-electron chi connectivity index (χ2n) is 8.36. The van der Waals surface area contributed by atoms with Crippen molar-refractivity contribution in [2.45, 2.75) is 13.1 Å². The van der Waals surface area contributed by atoms with Crippen LogP contribution in [0.4, 0.5) is 0 Å². The van der Waals surface area contributed by atoms with Crippen LogP contribution in [0.3, 0.4) is 0 Å². The summed E-state index contributed by atoms with van der Waals surface area (Å²) < 4.78 is 9.71. The minimum absolute atomic E-state index is 0.513. The molecule has 3 aromatic carbocycles. The summed E-state index contributed by atoms with van der Waals surface area (Å²) in [6.45, 7) is 1.82. The Morgan fingerprint density at radius 1 is 0.886 bits per heavy atom. The molecule has 5 aromatic rings. The Bertz CT molecular complexity index is 1500. The number of nitrogens with two attached hydrogens (primary N) is 1. The van der Waals surface area contributed by atoms with Crippen molar-refractivity contribution in [1.82, 2.24) is 14.1 Å². The van der Waals surface area contributed by atoms with E-state index in [9.17, 15) is 0 Å². The van der Waals surface area contributed by atoms with E-state index in [0.29, 0.717) is 19.6 Å². The molecule has 2 heterocycles. The number of hydrogen-bond donors (Lipinski definition) is 1. The average molecular weight is 464 g/mol. The van der Waals surface area contributed by atoms with E-state index in [1.54, 1.807) is 7.11 Å². The van der Waals surface area contributed by atoms with Gasteiger partial charge in [0.05, 0.1) is 24.5 Å². The zero-order valence-corrected chi connectivity index (χ0v) is 20.1. The summed E-state index contributed by atoms with van der Waals surface area (Å²) in [5, 5.41) is 1.03. The molecule has 2 N–H and O–H groups in total. The first kappa shape index (κ1) is 22.6. The van der Waals surface area contributed by atoms with Crippen LogP contribution in [0.25, 0.3) is 33.4 Å². The zero-order chi connectivity index (χ0) is 24.2. The summed E-state index contributed by atoms with van der Waals surface area (Å²) in [5.41, 5.74) is 13.4. The van der Waals surface area contributed by atoms with Gasteiger partial charge in [0.15, 0.2) is 0 Å². The van der Waals surface area contributed by atoms with Crippen LogP contribution in [0.15, 0.2) is 96.2 Å². The van der Waals surface area contributed by atoms with Gasteiger partial charge in [-0.2, -0.15) is 0 Å². The number of aromatic nitrogens is 3. The first-order chi connectivity index (χ1) is 17.2. The Balaban J connectivity index is 1.89. The van der Waals surface area contributed by atoms with E-state index >= 15 is 0 Å². The van der Waals surface area contributed by atoms with Gasteiger partial charge in [-0.25, -0.2) is 4.98 Å². The van der Waals surface area contributed by atoms with Crippen LogP contribution in [-0.4, -0.2) is 34.8 Å². The molecule has 2 aromatic heterocycles. The minimum Gasteiger partial charge on any atom is -0.497 e. The molecule has 6 heteroatoms. The molecule has 0 saturated heterocycles. The van der Waals surface area contributed by atoms with Crippen molar-refractivity contribution in [3.05, 3.63) is 102 Å². The van der Waals surface area contributed by atoms with Crippen LogP contribution in [-0.2, 0) is 13.1 Å². The molecule has 6 nitrogen and oxygen atoms in total. The van der Waals surface area contributed by atoms with Gasteiger partial charge in [-0.15, -0.1) is 0 Å². The van der Waals surface area contributed by atoms with Crippen molar-refractivity contribution >= 4 is 11.0 Å². The molecule has 0 spiro atoms. The standard InChI is InChI=1S/C29H29N5O/c1-31-28-26-25(22-9-5-3-6-10-22)27(23-11-7-4-8-12-23)34(29(26)32-20-33(28)18-17-30)19-21-13-15-24(35-2)16-14-21/h3-16,20H,17-19,30H2,1-2H3. The van der Waals surface area contributed by atoms with Crippen LogP contribution in [0, 0.1) is 0 Å². The smallest absolute Gasteiger partial charge is 0.146 e. The first-order valence-electron chi connectivity index (χ1n) is 11.7. The van der Waals surface area contributed by atoms with E-state index in [4.69, 9.17) is 20.4 Å². The monoisotopic (exact) mass is 463 g/mol. The van der Waals surface area contributed by atoms with Crippen LogP contribution in [0.2, 0.25) is 0 Å². The van der Waals surface area contributed by atoms with E-state index in [-0.39, 0.29) is 0 Å². The number of benzene rings is 3. The van der Waals surface area contributed by atoms with E-state index in [1.165, 1.54) is 0 Å². The minimum atomic E-state index is 0.513. The summed E-state index contributed by atoms with van der Waals surface area (Å²) in [5.74, 6) is 0.840. The first-order valence-corrected chi connectivity index (χ1v) is 11.7. The Morgan fingerprint density at radius 2 is 1.54 bits per heavy atom. The fourth-order valence-corrected chi connectivity index (χ4v) is 4.67. The lowest BCUT2D eigenvalue weighted by atomic mass is 9.99. The predicted molar refractivity (Wildman–Crippen MR) is 141 cm³/mol. The molecule has 0 aliphatic rings. The number of nitrogens with zero attached hydrogens (tertiary/aromatic N) is 4. The highest BCUT2D eigenvalue weighted by Gasteiger charge is 2.23. The van der Waals surface area contributed by atoms with Crippen molar-refractivity contribution < 1.29 is 4.74 Å². The van der Waals surface area contributed by atoms with Gasteiger partial charge in [-0.3, -0.25) is 4.99 Å². The van der Waals surface area contributed by atoms with Gasteiger partial charge in [0, 0.05) is 32.2 Å². The van der Waals surface area contributed by atoms with Crippen molar-refractivity contribution in [1.29, 1.82) is 0 Å². The van der Waals surface area contributed by atoms with Crippen LogP contribution in [0.1, 0.15) is 5.56 Å². The number of ether oxygens (including phenoxy) is 1. The fourth-order valence-electron chi connectivity index (χ4n) is 4.67. The molecular weight excluding hydrogens is 434 g/mol. The maximum atomic E-state index is 5.92. The van der Waals surface area contributed by atoms with Gasteiger partial charge in [-0.05, 0) is 28.8 Å².